The Hall–Kier alpha value is -1.23. The maximum atomic E-state index is 10.9. The van der Waals surface area contributed by atoms with Gasteiger partial charge in [0, 0.05) is 6.26 Å². The Bertz CT molecular complexity index is 454. The standard InChI is InChI=1S/C11H17NO3S/c1-9-4-5-11(10(12)8-9)15-6-3-7-16(2,13)14/h4-5,8H,3,6-7,12H2,1-2H3. The second kappa shape index (κ2) is 5.21. The maximum absolute atomic E-state index is 10.9. The Labute approximate surface area is 96.3 Å². The summed E-state index contributed by atoms with van der Waals surface area (Å²) in [4.78, 5) is 0. The third kappa shape index (κ3) is 4.53. The molecule has 0 saturated carbocycles. The first kappa shape index (κ1) is 12.8. The Morgan fingerprint density at radius 2 is 2.06 bits per heavy atom. The zero-order valence-corrected chi connectivity index (χ0v) is 10.4. The number of sulfone groups is 1. The molecule has 0 fully saturated rings. The van der Waals surface area contributed by atoms with Crippen LogP contribution in [0.3, 0.4) is 0 Å². The number of ether oxygens (including phenoxy) is 1. The highest BCUT2D eigenvalue weighted by Crippen LogP contribution is 2.22. The number of rotatable bonds is 5. The summed E-state index contributed by atoms with van der Waals surface area (Å²) >= 11 is 0. The van der Waals surface area contributed by atoms with E-state index in [2.05, 4.69) is 0 Å². The Kier molecular flexibility index (Phi) is 4.18. The highest BCUT2D eigenvalue weighted by atomic mass is 32.2. The fourth-order valence-corrected chi connectivity index (χ4v) is 1.94. The van der Waals surface area contributed by atoms with Crippen LogP contribution in [0, 0.1) is 6.92 Å². The van der Waals surface area contributed by atoms with E-state index in [9.17, 15) is 8.42 Å². The topological polar surface area (TPSA) is 69.4 Å². The molecule has 0 aliphatic rings. The summed E-state index contributed by atoms with van der Waals surface area (Å²) in [5, 5.41) is 0. The second-order valence-electron chi connectivity index (χ2n) is 3.87. The van der Waals surface area contributed by atoms with Crippen LogP contribution in [0.1, 0.15) is 12.0 Å². The Morgan fingerprint density at radius 1 is 1.38 bits per heavy atom. The van der Waals surface area contributed by atoms with Crippen LogP contribution in [-0.4, -0.2) is 27.0 Å². The molecule has 0 aliphatic heterocycles. The molecule has 0 aliphatic carbocycles. The number of nitrogen functional groups attached to an aromatic ring is 1. The lowest BCUT2D eigenvalue weighted by Gasteiger charge is -2.08. The van der Waals surface area contributed by atoms with Crippen LogP contribution in [0.5, 0.6) is 5.75 Å². The molecule has 0 saturated heterocycles. The van der Waals surface area contributed by atoms with Crippen molar-refractivity contribution in [3.8, 4) is 5.75 Å². The highest BCUT2D eigenvalue weighted by Gasteiger charge is 2.03. The molecule has 0 atom stereocenters. The summed E-state index contributed by atoms with van der Waals surface area (Å²) in [6, 6.07) is 5.53. The van der Waals surface area contributed by atoms with E-state index in [1.165, 1.54) is 6.26 Å². The third-order valence-corrected chi connectivity index (χ3v) is 3.11. The van der Waals surface area contributed by atoms with Gasteiger partial charge in [-0.15, -0.1) is 0 Å². The summed E-state index contributed by atoms with van der Waals surface area (Å²) in [5.74, 6) is 0.748. The maximum Gasteiger partial charge on any atom is 0.147 e. The molecular weight excluding hydrogens is 226 g/mol. The Balaban J connectivity index is 2.43. The molecule has 0 unspecified atom stereocenters. The zero-order chi connectivity index (χ0) is 12.2. The number of nitrogens with two attached hydrogens (primary N) is 1. The highest BCUT2D eigenvalue weighted by molar-refractivity contribution is 7.90. The molecule has 16 heavy (non-hydrogen) atoms. The van der Waals surface area contributed by atoms with Crippen molar-refractivity contribution in [1.82, 2.24) is 0 Å². The average molecular weight is 243 g/mol. The SMILES string of the molecule is Cc1ccc(OCCCS(C)(=O)=O)c(N)c1. The lowest BCUT2D eigenvalue weighted by Crippen LogP contribution is -2.08. The van der Waals surface area contributed by atoms with Crippen molar-refractivity contribution in [2.24, 2.45) is 0 Å². The minimum absolute atomic E-state index is 0.138. The van der Waals surface area contributed by atoms with Crippen LogP contribution < -0.4 is 10.5 Å². The molecule has 90 valence electrons. The van der Waals surface area contributed by atoms with E-state index in [1.54, 1.807) is 6.07 Å². The smallest absolute Gasteiger partial charge is 0.147 e. The van der Waals surface area contributed by atoms with Crippen LogP contribution in [0.15, 0.2) is 18.2 Å². The van der Waals surface area contributed by atoms with Gasteiger partial charge in [0.05, 0.1) is 18.0 Å². The summed E-state index contributed by atoms with van der Waals surface area (Å²) in [5.41, 5.74) is 7.40. The minimum Gasteiger partial charge on any atom is -0.491 e. The van der Waals surface area contributed by atoms with Crippen LogP contribution in [0.25, 0.3) is 0 Å². The van der Waals surface area contributed by atoms with E-state index in [1.807, 2.05) is 19.1 Å². The lowest BCUT2D eigenvalue weighted by molar-refractivity contribution is 0.319. The summed E-state index contributed by atoms with van der Waals surface area (Å²) in [6.45, 7) is 2.31. The van der Waals surface area contributed by atoms with Gasteiger partial charge in [-0.25, -0.2) is 8.42 Å². The molecule has 4 nitrogen and oxygen atoms in total. The van der Waals surface area contributed by atoms with Crippen molar-refractivity contribution in [1.29, 1.82) is 0 Å². The predicted octanol–water partition coefficient (Wildman–Crippen LogP) is 1.39. The summed E-state index contributed by atoms with van der Waals surface area (Å²) in [6.07, 6.45) is 1.69. The van der Waals surface area contributed by atoms with Gasteiger partial charge < -0.3 is 10.5 Å². The molecule has 0 heterocycles. The number of hydrogen-bond donors (Lipinski definition) is 1. The van der Waals surface area contributed by atoms with E-state index in [0.29, 0.717) is 24.5 Å². The molecular formula is C11H17NO3S. The fraction of sp³-hybridized carbons (Fsp3) is 0.455. The van der Waals surface area contributed by atoms with Gasteiger partial charge in [0.15, 0.2) is 0 Å². The van der Waals surface area contributed by atoms with Crippen molar-refractivity contribution < 1.29 is 13.2 Å². The normalized spacial score (nSPS) is 11.4. The van der Waals surface area contributed by atoms with E-state index in [0.717, 1.165) is 5.56 Å². The Morgan fingerprint density at radius 3 is 2.62 bits per heavy atom. The van der Waals surface area contributed by atoms with Gasteiger partial charge in [0.25, 0.3) is 0 Å². The molecule has 0 aromatic heterocycles. The van der Waals surface area contributed by atoms with Crippen LogP contribution in [0.4, 0.5) is 5.69 Å². The second-order valence-corrected chi connectivity index (χ2v) is 6.13. The van der Waals surface area contributed by atoms with Gasteiger partial charge in [-0.2, -0.15) is 0 Å². The zero-order valence-electron chi connectivity index (χ0n) is 9.56. The minimum atomic E-state index is -2.91. The van der Waals surface area contributed by atoms with Crippen molar-refractivity contribution in [2.75, 3.05) is 24.3 Å². The van der Waals surface area contributed by atoms with Crippen LogP contribution in [0.2, 0.25) is 0 Å². The molecule has 1 rings (SSSR count). The van der Waals surface area contributed by atoms with Gasteiger partial charge in [-0.3, -0.25) is 0 Å². The molecule has 0 spiro atoms. The van der Waals surface area contributed by atoms with Gasteiger partial charge in [-0.05, 0) is 31.0 Å². The van der Waals surface area contributed by atoms with Gasteiger partial charge in [-0.1, -0.05) is 6.07 Å². The summed E-state index contributed by atoms with van der Waals surface area (Å²) in [7, 11) is -2.91. The molecule has 1 aromatic rings. The molecule has 1 aromatic carbocycles. The quantitative estimate of drug-likeness (QED) is 0.626. The third-order valence-electron chi connectivity index (χ3n) is 2.08. The largest absolute Gasteiger partial charge is 0.491 e. The number of hydrogen-bond acceptors (Lipinski definition) is 4. The van der Waals surface area contributed by atoms with Crippen molar-refractivity contribution in [2.45, 2.75) is 13.3 Å². The molecule has 2 N–H and O–H groups in total. The first-order valence-corrected chi connectivity index (χ1v) is 7.11. The summed E-state index contributed by atoms with van der Waals surface area (Å²) < 4.78 is 27.1. The van der Waals surface area contributed by atoms with E-state index >= 15 is 0 Å². The van der Waals surface area contributed by atoms with E-state index in [-0.39, 0.29) is 5.75 Å². The first-order valence-electron chi connectivity index (χ1n) is 5.05. The lowest BCUT2D eigenvalue weighted by atomic mass is 10.2. The molecule has 0 radical (unpaired) electrons. The van der Waals surface area contributed by atoms with Gasteiger partial charge in [0.1, 0.15) is 15.6 Å². The molecule has 5 heteroatoms. The van der Waals surface area contributed by atoms with E-state index in [4.69, 9.17) is 10.5 Å². The van der Waals surface area contributed by atoms with E-state index < -0.39 is 9.84 Å². The average Bonchev–Trinajstić information content (AvgIpc) is 2.13. The number of anilines is 1. The van der Waals surface area contributed by atoms with Crippen molar-refractivity contribution in [3.63, 3.8) is 0 Å². The van der Waals surface area contributed by atoms with Crippen molar-refractivity contribution >= 4 is 15.5 Å². The molecule has 0 bridgehead atoms. The predicted molar refractivity (Wildman–Crippen MR) is 65.4 cm³/mol. The first-order chi connectivity index (χ1) is 7.38. The van der Waals surface area contributed by atoms with Gasteiger partial charge in [0.2, 0.25) is 0 Å². The monoisotopic (exact) mass is 243 g/mol. The fourth-order valence-electron chi connectivity index (χ4n) is 1.30. The van der Waals surface area contributed by atoms with Crippen molar-refractivity contribution in [3.05, 3.63) is 23.8 Å². The van der Waals surface area contributed by atoms with Gasteiger partial charge >= 0.3 is 0 Å². The number of aryl methyl sites for hydroxylation is 1. The van der Waals surface area contributed by atoms with Crippen LogP contribution >= 0.6 is 0 Å². The molecule has 0 amide bonds. The van der Waals surface area contributed by atoms with Crippen LogP contribution in [-0.2, 0) is 9.84 Å². The number of benzene rings is 1.